The number of nitrogens with zero attached hydrogens (tertiary/aromatic N) is 3. The number of hydrogen-bond acceptors (Lipinski definition) is 4. The molecule has 0 radical (unpaired) electrons. The molecule has 0 saturated carbocycles. The van der Waals surface area contributed by atoms with Gasteiger partial charge in [0.25, 0.3) is 0 Å². The molecule has 33 heavy (non-hydrogen) atoms. The molecule has 0 aliphatic rings. The summed E-state index contributed by atoms with van der Waals surface area (Å²) >= 11 is 0. The summed E-state index contributed by atoms with van der Waals surface area (Å²) in [6.07, 6.45) is 2.68. The monoisotopic (exact) mass is 456 g/mol. The Hall–Kier alpha value is -3.29. The predicted molar refractivity (Wildman–Crippen MR) is 129 cm³/mol. The van der Waals surface area contributed by atoms with E-state index in [2.05, 4.69) is 19.2 Å². The van der Waals surface area contributed by atoms with Crippen LogP contribution >= 0.6 is 0 Å². The van der Waals surface area contributed by atoms with Crippen molar-refractivity contribution in [3.05, 3.63) is 53.9 Å². The summed E-state index contributed by atoms with van der Waals surface area (Å²) in [5.74, 6) is -0.191. The number of urea groups is 1. The zero-order chi connectivity index (χ0) is 24.4. The van der Waals surface area contributed by atoms with E-state index >= 15 is 0 Å². The van der Waals surface area contributed by atoms with Gasteiger partial charge in [-0.15, -0.1) is 0 Å². The van der Waals surface area contributed by atoms with Crippen molar-refractivity contribution in [1.29, 1.82) is 0 Å². The van der Waals surface area contributed by atoms with Gasteiger partial charge in [-0.2, -0.15) is 0 Å². The van der Waals surface area contributed by atoms with Crippen molar-refractivity contribution >= 4 is 23.6 Å². The van der Waals surface area contributed by atoms with Crippen molar-refractivity contribution in [2.24, 2.45) is 13.0 Å². The summed E-state index contributed by atoms with van der Waals surface area (Å²) in [5, 5.41) is 2.82. The molecule has 1 aromatic heterocycles. The molecule has 0 fully saturated rings. The van der Waals surface area contributed by atoms with E-state index in [4.69, 9.17) is 4.74 Å². The van der Waals surface area contributed by atoms with E-state index in [0.29, 0.717) is 43.4 Å². The van der Waals surface area contributed by atoms with Gasteiger partial charge in [-0.05, 0) is 55.7 Å². The molecule has 1 heterocycles. The van der Waals surface area contributed by atoms with E-state index in [1.165, 1.54) is 4.90 Å². The largest absolute Gasteiger partial charge is 0.462 e. The molecule has 8 nitrogen and oxygen atoms in total. The summed E-state index contributed by atoms with van der Waals surface area (Å²) in [4.78, 5) is 41.3. The zero-order valence-corrected chi connectivity index (χ0v) is 20.3. The van der Waals surface area contributed by atoms with Gasteiger partial charge >= 0.3 is 12.0 Å². The second kappa shape index (κ2) is 12.7. The molecule has 0 aliphatic carbocycles. The predicted octanol–water partition coefficient (Wildman–Crippen LogP) is 4.13. The fourth-order valence-corrected chi connectivity index (χ4v) is 3.44. The van der Waals surface area contributed by atoms with Gasteiger partial charge in [-0.1, -0.05) is 20.8 Å². The quantitative estimate of drug-likeness (QED) is 0.515. The van der Waals surface area contributed by atoms with Gasteiger partial charge in [0.2, 0.25) is 5.91 Å². The highest BCUT2D eigenvalue weighted by Gasteiger charge is 2.22. The van der Waals surface area contributed by atoms with Crippen LogP contribution in [-0.4, -0.2) is 58.5 Å². The van der Waals surface area contributed by atoms with E-state index in [0.717, 1.165) is 12.1 Å². The molecule has 0 bridgehead atoms. The van der Waals surface area contributed by atoms with Gasteiger partial charge in [0.1, 0.15) is 6.54 Å². The third kappa shape index (κ3) is 7.97. The van der Waals surface area contributed by atoms with Crippen LogP contribution < -0.4 is 5.32 Å². The number of rotatable bonds is 11. The average Bonchev–Trinajstić information content (AvgIpc) is 3.17. The number of aryl methyl sites for hydroxylation is 1. The SMILES string of the molecule is CCCN(CC(=O)N(Cc1cccn1C)CC(C)C)C(=O)Nc1ccc(C(=O)OCC)cc1. The molecule has 0 aliphatic heterocycles. The maximum atomic E-state index is 13.2. The second-order valence-electron chi connectivity index (χ2n) is 8.43. The molecule has 0 unspecified atom stereocenters. The van der Waals surface area contributed by atoms with Crippen LogP contribution in [0.1, 0.15) is 50.2 Å². The first-order chi connectivity index (χ1) is 15.7. The lowest BCUT2D eigenvalue weighted by molar-refractivity contribution is -0.133. The summed E-state index contributed by atoms with van der Waals surface area (Å²) in [6, 6.07) is 10.1. The fourth-order valence-electron chi connectivity index (χ4n) is 3.44. The minimum atomic E-state index is -0.406. The highest BCUT2D eigenvalue weighted by atomic mass is 16.5. The minimum absolute atomic E-state index is 0.00226. The molecule has 2 rings (SSSR count). The number of ether oxygens (including phenoxy) is 1. The molecule has 1 N–H and O–H groups in total. The highest BCUT2D eigenvalue weighted by molar-refractivity contribution is 5.94. The molecular weight excluding hydrogens is 420 g/mol. The first-order valence-corrected chi connectivity index (χ1v) is 11.5. The van der Waals surface area contributed by atoms with Crippen LogP contribution in [0.2, 0.25) is 0 Å². The number of nitrogens with one attached hydrogen (secondary N) is 1. The van der Waals surface area contributed by atoms with E-state index < -0.39 is 5.97 Å². The number of aromatic nitrogens is 1. The Bertz CT molecular complexity index is 921. The fraction of sp³-hybridized carbons (Fsp3) is 0.480. The Morgan fingerprint density at radius 1 is 1.06 bits per heavy atom. The minimum Gasteiger partial charge on any atom is -0.462 e. The highest BCUT2D eigenvalue weighted by Crippen LogP contribution is 2.13. The van der Waals surface area contributed by atoms with Crippen LogP contribution in [0.4, 0.5) is 10.5 Å². The molecule has 3 amide bonds. The van der Waals surface area contributed by atoms with Crippen LogP contribution in [0.15, 0.2) is 42.6 Å². The molecule has 0 atom stereocenters. The third-order valence-corrected chi connectivity index (χ3v) is 5.10. The van der Waals surface area contributed by atoms with Gasteiger partial charge in [0, 0.05) is 37.7 Å². The van der Waals surface area contributed by atoms with Crippen LogP contribution in [-0.2, 0) is 23.1 Å². The van der Waals surface area contributed by atoms with Crippen molar-refractivity contribution < 1.29 is 19.1 Å². The summed E-state index contributed by atoms with van der Waals surface area (Å²) in [7, 11) is 1.96. The number of hydrogen-bond donors (Lipinski definition) is 1. The Kier molecular flexibility index (Phi) is 9.97. The van der Waals surface area contributed by atoms with Crippen molar-refractivity contribution in [1.82, 2.24) is 14.4 Å². The van der Waals surface area contributed by atoms with E-state index in [9.17, 15) is 14.4 Å². The van der Waals surface area contributed by atoms with Crippen LogP contribution in [0, 0.1) is 5.92 Å². The zero-order valence-electron chi connectivity index (χ0n) is 20.3. The number of carbonyl (C=O) groups is 3. The Balaban J connectivity index is 2.07. The van der Waals surface area contributed by atoms with Crippen LogP contribution in [0.5, 0.6) is 0 Å². The number of benzene rings is 1. The van der Waals surface area contributed by atoms with Crippen molar-refractivity contribution in [3.8, 4) is 0 Å². The standard InChI is InChI=1S/C25H36N4O4/c1-6-14-28(25(32)26-21-12-10-20(11-13-21)24(31)33-7-2)18-23(30)29(16-19(3)4)17-22-9-8-15-27(22)5/h8-13,15,19H,6-7,14,16-18H2,1-5H3,(H,26,32). The van der Waals surface area contributed by atoms with Crippen LogP contribution in [0.3, 0.4) is 0 Å². The normalized spacial score (nSPS) is 10.7. The number of amides is 3. The van der Waals surface area contributed by atoms with Gasteiger partial charge in [0.15, 0.2) is 0 Å². The molecule has 8 heteroatoms. The average molecular weight is 457 g/mol. The lowest BCUT2D eigenvalue weighted by Gasteiger charge is -2.29. The first-order valence-electron chi connectivity index (χ1n) is 11.5. The van der Waals surface area contributed by atoms with Gasteiger partial charge < -0.3 is 24.4 Å². The lowest BCUT2D eigenvalue weighted by Crippen LogP contribution is -2.45. The van der Waals surface area contributed by atoms with Crippen LogP contribution in [0.25, 0.3) is 0 Å². The number of carbonyl (C=O) groups excluding carboxylic acids is 3. The summed E-state index contributed by atoms with van der Waals surface area (Å²) < 4.78 is 6.98. The molecule has 180 valence electrons. The van der Waals surface area contributed by atoms with Gasteiger partial charge in [0.05, 0.1) is 18.7 Å². The number of anilines is 1. The summed E-state index contributed by atoms with van der Waals surface area (Å²) in [6.45, 7) is 9.72. The molecule has 0 saturated heterocycles. The Labute approximate surface area is 196 Å². The summed E-state index contributed by atoms with van der Waals surface area (Å²) in [5.41, 5.74) is 2.00. The topological polar surface area (TPSA) is 83.9 Å². The maximum Gasteiger partial charge on any atom is 0.338 e. The third-order valence-electron chi connectivity index (χ3n) is 5.10. The number of esters is 1. The lowest BCUT2D eigenvalue weighted by atomic mass is 10.2. The first kappa shape index (κ1) is 26.0. The van der Waals surface area contributed by atoms with Crippen molar-refractivity contribution in [2.45, 2.75) is 40.7 Å². The van der Waals surface area contributed by atoms with Crippen molar-refractivity contribution in [2.75, 3.05) is 31.6 Å². The molecule has 1 aromatic carbocycles. The van der Waals surface area contributed by atoms with E-state index in [-0.39, 0.29) is 18.5 Å². The Morgan fingerprint density at radius 3 is 2.30 bits per heavy atom. The molecule has 0 spiro atoms. The molecular formula is C25H36N4O4. The Morgan fingerprint density at radius 2 is 1.76 bits per heavy atom. The smallest absolute Gasteiger partial charge is 0.338 e. The van der Waals surface area contributed by atoms with Gasteiger partial charge in [-0.3, -0.25) is 4.79 Å². The van der Waals surface area contributed by atoms with E-state index in [1.807, 2.05) is 41.8 Å². The van der Waals surface area contributed by atoms with Gasteiger partial charge in [-0.25, -0.2) is 9.59 Å². The van der Waals surface area contributed by atoms with E-state index in [1.54, 1.807) is 31.2 Å². The maximum absolute atomic E-state index is 13.2. The van der Waals surface area contributed by atoms with Crippen molar-refractivity contribution in [3.63, 3.8) is 0 Å². The second-order valence-corrected chi connectivity index (χ2v) is 8.43. The molecule has 2 aromatic rings.